The molecule has 0 fully saturated rings. The number of esters is 1. The van der Waals surface area contributed by atoms with Crippen molar-refractivity contribution in [1.82, 2.24) is 5.32 Å². The fourth-order valence-electron chi connectivity index (χ4n) is 12.2. The molecule has 0 saturated heterocycles. The molecule has 0 aromatic rings. The Kier molecular flexibility index (Phi) is 68.7. The third-order valence-electron chi connectivity index (χ3n) is 18.3. The molecular weight excluding hydrogens is 1130 g/mol. The molecule has 0 heterocycles. The van der Waals surface area contributed by atoms with Crippen LogP contribution in [0.25, 0.3) is 0 Å². The number of rotatable bonds is 74. The van der Waals surface area contributed by atoms with Gasteiger partial charge in [0, 0.05) is 12.8 Å². The summed E-state index contributed by atoms with van der Waals surface area (Å²) in [4.78, 5) is 38.0. The highest BCUT2D eigenvalue weighted by molar-refractivity contribution is 7.47. The Labute approximate surface area is 561 Å². The predicted octanol–water partition coefficient (Wildman–Crippen LogP) is 25.7. The van der Waals surface area contributed by atoms with E-state index in [1.807, 2.05) is 27.2 Å². The van der Waals surface area contributed by atoms with Crippen molar-refractivity contribution in [3.63, 3.8) is 0 Å². The maximum atomic E-state index is 13.7. The van der Waals surface area contributed by atoms with Crippen LogP contribution in [0, 0.1) is 0 Å². The number of hydrogen-bond donors (Lipinski definition) is 2. The van der Waals surface area contributed by atoms with Crippen LogP contribution in [0.4, 0.5) is 0 Å². The molecule has 0 aliphatic heterocycles. The van der Waals surface area contributed by atoms with E-state index in [2.05, 4.69) is 56.5 Å². The molecule has 9 nitrogen and oxygen atoms in total. The number of hydrogen-bond acceptors (Lipinski definition) is 6. The maximum Gasteiger partial charge on any atom is 0.472 e. The highest BCUT2D eigenvalue weighted by Crippen LogP contribution is 2.43. The van der Waals surface area contributed by atoms with Crippen LogP contribution < -0.4 is 5.32 Å². The molecule has 0 aromatic carbocycles. The average molecular weight is 1290 g/mol. The summed E-state index contributed by atoms with van der Waals surface area (Å²) in [5.74, 6) is -0.480. The van der Waals surface area contributed by atoms with E-state index in [4.69, 9.17) is 13.8 Å². The molecule has 0 aromatic heterocycles. The second kappa shape index (κ2) is 70.0. The second-order valence-corrected chi connectivity index (χ2v) is 30.0. The fraction of sp³-hybridized carbons (Fsp3) is 0.900. The van der Waals surface area contributed by atoms with E-state index in [-0.39, 0.29) is 25.1 Å². The van der Waals surface area contributed by atoms with Gasteiger partial charge in [0.1, 0.15) is 19.3 Å². The number of phosphoric ester groups is 1. The van der Waals surface area contributed by atoms with Crippen molar-refractivity contribution in [2.24, 2.45) is 0 Å². The first-order valence-corrected chi connectivity index (χ1v) is 41.3. The lowest BCUT2D eigenvalue weighted by molar-refractivity contribution is -0.870. The first-order chi connectivity index (χ1) is 43.9. The minimum atomic E-state index is -4.45. The Hall–Kier alpha value is -1.77. The number of carbonyl (C=O) groups is 2. The van der Waals surface area contributed by atoms with Gasteiger partial charge in [-0.15, -0.1) is 0 Å². The molecule has 3 unspecified atom stereocenters. The van der Waals surface area contributed by atoms with Gasteiger partial charge < -0.3 is 19.4 Å². The number of nitrogens with one attached hydrogen (secondary N) is 1. The normalized spacial score (nSPS) is 13.5. The lowest BCUT2D eigenvalue weighted by Gasteiger charge is -2.27. The summed E-state index contributed by atoms with van der Waals surface area (Å²) >= 11 is 0. The number of amides is 1. The number of ether oxygens (including phenoxy) is 1. The van der Waals surface area contributed by atoms with Crippen molar-refractivity contribution in [1.29, 1.82) is 0 Å². The van der Waals surface area contributed by atoms with Crippen LogP contribution in [-0.4, -0.2) is 74.3 Å². The van der Waals surface area contributed by atoms with E-state index in [1.165, 1.54) is 321 Å². The van der Waals surface area contributed by atoms with Gasteiger partial charge in [-0.2, -0.15) is 0 Å². The molecule has 10 heteroatoms. The largest absolute Gasteiger partial charge is 0.472 e. The third-order valence-corrected chi connectivity index (χ3v) is 19.3. The van der Waals surface area contributed by atoms with Gasteiger partial charge in [0.15, 0.2) is 0 Å². The monoisotopic (exact) mass is 1290 g/mol. The van der Waals surface area contributed by atoms with Gasteiger partial charge in [-0.25, -0.2) is 4.57 Å². The molecule has 0 aliphatic carbocycles. The number of phosphoric acid groups is 1. The number of likely N-dealkylation sites (N-methyl/N-ethyl adjacent to an activating group) is 1. The molecule has 532 valence electrons. The van der Waals surface area contributed by atoms with E-state index in [0.717, 1.165) is 57.8 Å². The van der Waals surface area contributed by atoms with Gasteiger partial charge in [-0.05, 0) is 83.1 Å². The summed E-state index contributed by atoms with van der Waals surface area (Å²) in [6, 6.07) is -0.846. The molecule has 0 aliphatic rings. The van der Waals surface area contributed by atoms with Crippen molar-refractivity contribution in [3.8, 4) is 0 Å². The maximum absolute atomic E-state index is 13.7. The molecule has 0 saturated carbocycles. The van der Waals surface area contributed by atoms with Crippen LogP contribution >= 0.6 is 7.82 Å². The molecule has 3 atom stereocenters. The highest BCUT2D eigenvalue weighted by atomic mass is 31.2. The number of quaternary nitrogens is 1. The first-order valence-electron chi connectivity index (χ1n) is 39.8. The zero-order valence-corrected chi connectivity index (χ0v) is 62.1. The van der Waals surface area contributed by atoms with Crippen molar-refractivity contribution < 1.29 is 37.3 Å². The van der Waals surface area contributed by atoms with Crippen LogP contribution in [0.3, 0.4) is 0 Å². The van der Waals surface area contributed by atoms with Crippen LogP contribution in [-0.2, 0) is 27.9 Å². The van der Waals surface area contributed by atoms with E-state index < -0.39 is 20.0 Å². The lowest BCUT2D eigenvalue weighted by Crippen LogP contribution is -2.47. The number of nitrogens with zero attached hydrogens (tertiary/aromatic N) is 1. The summed E-state index contributed by atoms with van der Waals surface area (Å²) < 4.78 is 30.9. The van der Waals surface area contributed by atoms with Gasteiger partial charge in [0.05, 0.1) is 33.8 Å². The van der Waals surface area contributed by atoms with Crippen molar-refractivity contribution >= 4 is 19.7 Å². The zero-order chi connectivity index (χ0) is 65.6. The first kappa shape index (κ1) is 88.2. The Morgan fingerprint density at radius 3 is 0.944 bits per heavy atom. The molecule has 0 rings (SSSR count). The van der Waals surface area contributed by atoms with Gasteiger partial charge in [0.2, 0.25) is 5.91 Å². The number of carbonyl (C=O) groups excluding carboxylic acids is 2. The Balaban J connectivity index is 4.89. The number of unbranched alkanes of at least 4 members (excludes halogenated alkanes) is 54. The average Bonchev–Trinajstić information content (AvgIpc) is 3.04. The Morgan fingerprint density at radius 2 is 0.644 bits per heavy atom. The smallest absolute Gasteiger partial charge is 0.456 e. The molecule has 0 bridgehead atoms. The summed E-state index contributed by atoms with van der Waals surface area (Å²) in [7, 11) is 1.52. The Morgan fingerprint density at radius 1 is 0.378 bits per heavy atom. The summed E-state index contributed by atoms with van der Waals surface area (Å²) in [5.41, 5.74) is 0. The minimum absolute atomic E-state index is 0.0438. The van der Waals surface area contributed by atoms with Crippen molar-refractivity contribution in [2.45, 2.75) is 425 Å². The lowest BCUT2D eigenvalue weighted by atomic mass is 10.0. The van der Waals surface area contributed by atoms with Crippen LogP contribution in [0.5, 0.6) is 0 Å². The van der Waals surface area contributed by atoms with Gasteiger partial charge in [-0.1, -0.05) is 353 Å². The topological polar surface area (TPSA) is 111 Å². The van der Waals surface area contributed by atoms with Crippen LogP contribution in [0.15, 0.2) is 36.5 Å². The quantitative estimate of drug-likeness (QED) is 0.0205. The molecule has 2 N–H and O–H groups in total. The van der Waals surface area contributed by atoms with E-state index >= 15 is 0 Å². The molecule has 0 radical (unpaired) electrons. The number of allylic oxidation sites excluding steroid dienone is 5. The molecule has 0 spiro atoms. The summed E-state index contributed by atoms with van der Waals surface area (Å²) in [6.45, 7) is 7.08. The molecule has 1 amide bonds. The van der Waals surface area contributed by atoms with E-state index in [9.17, 15) is 19.0 Å². The predicted molar refractivity (Wildman–Crippen MR) is 393 cm³/mol. The van der Waals surface area contributed by atoms with Gasteiger partial charge >= 0.3 is 13.8 Å². The van der Waals surface area contributed by atoms with Gasteiger partial charge in [-0.3, -0.25) is 18.6 Å². The fourth-order valence-corrected chi connectivity index (χ4v) is 12.9. The SMILES string of the molecule is CCCCCCCC/C=C/CCCCCCCCCCCCCCCCCCCC(=O)NC(COP(=O)(O)OCC[N+](C)(C)C)C(/C=C/CCCCCCCCCCCC)OC(=O)CCCCCCCCCCCCCCCCC/C=C/CCCCCCCC. The van der Waals surface area contributed by atoms with Gasteiger partial charge in [0.25, 0.3) is 0 Å². The summed E-state index contributed by atoms with van der Waals surface area (Å²) in [6.07, 6.45) is 89.0. The molecule has 90 heavy (non-hydrogen) atoms. The van der Waals surface area contributed by atoms with Crippen LogP contribution in [0.1, 0.15) is 412 Å². The van der Waals surface area contributed by atoms with Crippen molar-refractivity contribution in [3.05, 3.63) is 36.5 Å². The highest BCUT2D eigenvalue weighted by Gasteiger charge is 2.30. The van der Waals surface area contributed by atoms with E-state index in [0.29, 0.717) is 23.9 Å². The summed E-state index contributed by atoms with van der Waals surface area (Å²) in [5, 5.41) is 3.09. The zero-order valence-electron chi connectivity index (χ0n) is 61.2. The minimum Gasteiger partial charge on any atom is -0.456 e. The van der Waals surface area contributed by atoms with Crippen molar-refractivity contribution in [2.75, 3.05) is 40.9 Å². The molecular formula is C80H156N2O7P+. The standard InChI is InChI=1S/C80H155N2O7P/c1-7-10-13-16-19-22-25-28-30-32-34-36-38-40-41-43-44-46-48-50-52-54-57-60-63-66-69-72-79(83)81-77(76-88-90(85,86)87-75-74-82(4,5)6)78(71-68-65-62-59-56-27-24-21-18-15-12-9-3)89-80(84)73-70-67-64-61-58-55-53-51-49-47-45-42-39-37-35-33-31-29-26-23-20-17-14-11-8-2/h28-31,68,71,77-78H,7-27,32-67,69-70,72-76H2,1-6H3,(H-,81,83,85,86)/p+1/b30-28+,31-29+,71-68+. The third kappa shape index (κ3) is 70.5. The van der Waals surface area contributed by atoms with E-state index in [1.54, 1.807) is 0 Å². The van der Waals surface area contributed by atoms with Crippen LogP contribution in [0.2, 0.25) is 0 Å². The Bertz CT molecular complexity index is 1630. The second-order valence-electron chi connectivity index (χ2n) is 28.6.